The van der Waals surface area contributed by atoms with E-state index in [1.54, 1.807) is 37.4 Å². The van der Waals surface area contributed by atoms with Gasteiger partial charge in [0.15, 0.2) is 0 Å². The number of unbranched alkanes of at least 4 members (excludes halogenated alkanes) is 1. The van der Waals surface area contributed by atoms with E-state index in [1.807, 2.05) is 59.1 Å². The fourth-order valence-electron chi connectivity index (χ4n) is 4.08. The van der Waals surface area contributed by atoms with Crippen molar-refractivity contribution >= 4 is 29.7 Å². The van der Waals surface area contributed by atoms with Gasteiger partial charge in [-0.05, 0) is 96.9 Å². The Morgan fingerprint density at radius 3 is 2.11 bits per heavy atom. The maximum Gasteiger partial charge on any atom is 0.408 e. The number of ether oxygens (including phenoxy) is 1. The molecule has 36 heavy (non-hydrogen) atoms. The first-order valence-electron chi connectivity index (χ1n) is 12.8. The minimum Gasteiger partial charge on any atom is -0.444 e. The summed E-state index contributed by atoms with van der Waals surface area (Å²) in [4.78, 5) is 42.3. The number of thioether (sulfide) groups is 1. The van der Waals surface area contributed by atoms with Crippen LogP contribution in [0.5, 0.6) is 0 Å². The second kappa shape index (κ2) is 13.9. The van der Waals surface area contributed by atoms with Crippen molar-refractivity contribution in [2.24, 2.45) is 0 Å². The van der Waals surface area contributed by atoms with Gasteiger partial charge < -0.3 is 20.3 Å². The molecule has 3 amide bonds. The van der Waals surface area contributed by atoms with Crippen molar-refractivity contribution in [2.45, 2.75) is 105 Å². The van der Waals surface area contributed by atoms with Crippen LogP contribution in [0, 0.1) is 13.8 Å². The number of carbonyl (C=O) groups is 3. The first kappa shape index (κ1) is 31.8. The van der Waals surface area contributed by atoms with Crippen LogP contribution in [0.25, 0.3) is 0 Å². The van der Waals surface area contributed by atoms with Crippen molar-refractivity contribution in [3.05, 3.63) is 34.9 Å². The second-order valence-electron chi connectivity index (χ2n) is 11.2. The van der Waals surface area contributed by atoms with Gasteiger partial charge in [0.05, 0.1) is 0 Å². The number of nitrogens with one attached hydrogen (secondary N) is 2. The Balaban J connectivity index is 3.59. The smallest absolute Gasteiger partial charge is 0.408 e. The molecule has 0 saturated carbocycles. The van der Waals surface area contributed by atoms with Crippen molar-refractivity contribution in [1.29, 1.82) is 0 Å². The molecule has 0 aliphatic rings. The highest BCUT2D eigenvalue weighted by atomic mass is 32.2. The number of hydrogen-bond acceptors (Lipinski definition) is 5. The predicted octanol–water partition coefficient (Wildman–Crippen LogP) is 5.53. The first-order chi connectivity index (χ1) is 16.6. The average molecular weight is 522 g/mol. The largest absolute Gasteiger partial charge is 0.444 e. The zero-order valence-electron chi connectivity index (χ0n) is 23.9. The lowest BCUT2D eigenvalue weighted by atomic mass is 9.90. The number of rotatable bonds is 11. The van der Waals surface area contributed by atoms with Crippen LogP contribution in [0.3, 0.4) is 0 Å². The summed E-state index contributed by atoms with van der Waals surface area (Å²) in [5, 5.41) is 5.84. The molecule has 1 aromatic carbocycles. The molecule has 2 N–H and O–H groups in total. The van der Waals surface area contributed by atoms with Crippen LogP contribution in [-0.4, -0.2) is 58.5 Å². The Labute approximate surface area is 222 Å². The Kier molecular flexibility index (Phi) is 12.3. The van der Waals surface area contributed by atoms with Crippen LogP contribution in [0.1, 0.15) is 90.5 Å². The molecule has 204 valence electrons. The summed E-state index contributed by atoms with van der Waals surface area (Å²) in [5.41, 5.74) is 1.30. The molecular formula is C28H47N3O4S. The minimum absolute atomic E-state index is 0.218. The molecule has 1 rings (SSSR count). The van der Waals surface area contributed by atoms with Gasteiger partial charge in [-0.1, -0.05) is 31.5 Å². The fraction of sp³-hybridized carbons (Fsp3) is 0.679. The number of aryl methyl sites for hydroxylation is 2. The topological polar surface area (TPSA) is 87.7 Å². The van der Waals surface area contributed by atoms with Crippen molar-refractivity contribution in [2.75, 3.05) is 18.6 Å². The van der Waals surface area contributed by atoms with E-state index >= 15 is 0 Å². The molecule has 0 heterocycles. The van der Waals surface area contributed by atoms with Gasteiger partial charge in [0, 0.05) is 12.1 Å². The number of carbonyl (C=O) groups excluding carboxylic acids is 3. The van der Waals surface area contributed by atoms with Gasteiger partial charge in [0.1, 0.15) is 17.7 Å². The van der Waals surface area contributed by atoms with Crippen molar-refractivity contribution < 1.29 is 19.1 Å². The zero-order valence-corrected chi connectivity index (χ0v) is 24.7. The highest BCUT2D eigenvalue weighted by Crippen LogP contribution is 2.34. The Bertz CT molecular complexity index is 870. The van der Waals surface area contributed by atoms with Crippen LogP contribution >= 0.6 is 11.8 Å². The SMILES string of the molecule is CCCCNC(=O)C(c1c(C)cccc1C)N(C(=O)C(CCSC)NC(=O)OC(C)(C)C)C(C)(C)C. The van der Waals surface area contributed by atoms with E-state index in [0.717, 1.165) is 29.5 Å². The van der Waals surface area contributed by atoms with Crippen LogP contribution < -0.4 is 10.6 Å². The standard InChI is InChI=1S/C28H47N3O4S/c1-11-12-17-29-24(32)23(22-19(2)14-13-15-20(22)3)31(27(4,5)6)25(33)21(16-18-36-10)30-26(34)35-28(7,8)9/h13-15,21,23H,11-12,16-18H2,1-10H3,(H,29,32)(H,30,34). The third-order valence-corrected chi connectivity index (χ3v) is 6.36. The molecule has 0 radical (unpaired) electrons. The molecule has 2 unspecified atom stereocenters. The summed E-state index contributed by atoms with van der Waals surface area (Å²) in [6.45, 7) is 17.6. The molecular weight excluding hydrogens is 474 g/mol. The van der Waals surface area contributed by atoms with E-state index in [2.05, 4.69) is 17.6 Å². The summed E-state index contributed by atoms with van der Waals surface area (Å²) in [6.07, 6.45) is 3.53. The maximum absolute atomic E-state index is 14.2. The molecule has 7 nitrogen and oxygen atoms in total. The molecule has 0 aromatic heterocycles. The third-order valence-electron chi connectivity index (χ3n) is 5.71. The summed E-state index contributed by atoms with van der Waals surface area (Å²) < 4.78 is 5.45. The van der Waals surface area contributed by atoms with Crippen molar-refractivity contribution in [3.8, 4) is 0 Å². The zero-order chi connectivity index (χ0) is 27.7. The molecule has 0 bridgehead atoms. The Morgan fingerprint density at radius 1 is 1.06 bits per heavy atom. The molecule has 0 aliphatic carbocycles. The number of amides is 3. The van der Waals surface area contributed by atoms with Crippen LogP contribution in [-0.2, 0) is 14.3 Å². The molecule has 2 atom stereocenters. The van der Waals surface area contributed by atoms with Crippen molar-refractivity contribution in [3.63, 3.8) is 0 Å². The fourth-order valence-corrected chi connectivity index (χ4v) is 4.55. The third kappa shape index (κ3) is 9.68. The molecule has 1 aromatic rings. The quantitative estimate of drug-likeness (QED) is 0.374. The van der Waals surface area contributed by atoms with Crippen LogP contribution in [0.15, 0.2) is 18.2 Å². The van der Waals surface area contributed by atoms with E-state index in [4.69, 9.17) is 4.74 Å². The normalized spacial score (nSPS) is 13.5. The summed E-state index contributed by atoms with van der Waals surface area (Å²) >= 11 is 1.59. The van der Waals surface area contributed by atoms with Crippen LogP contribution in [0.2, 0.25) is 0 Å². The van der Waals surface area contributed by atoms with Crippen LogP contribution in [0.4, 0.5) is 4.79 Å². The molecule has 0 saturated heterocycles. The lowest BCUT2D eigenvalue weighted by molar-refractivity contribution is -0.148. The summed E-state index contributed by atoms with van der Waals surface area (Å²) in [5.74, 6) is 0.145. The monoisotopic (exact) mass is 521 g/mol. The van der Waals surface area contributed by atoms with Gasteiger partial charge in [-0.25, -0.2) is 4.79 Å². The number of benzene rings is 1. The van der Waals surface area contributed by atoms with E-state index < -0.39 is 29.3 Å². The van der Waals surface area contributed by atoms with Gasteiger partial charge in [-0.2, -0.15) is 11.8 Å². The van der Waals surface area contributed by atoms with E-state index in [-0.39, 0.29) is 11.8 Å². The minimum atomic E-state index is -0.840. The van der Waals surface area contributed by atoms with Gasteiger partial charge >= 0.3 is 6.09 Å². The van der Waals surface area contributed by atoms with Gasteiger partial charge in [-0.15, -0.1) is 0 Å². The summed E-state index contributed by atoms with van der Waals surface area (Å²) in [7, 11) is 0. The predicted molar refractivity (Wildman–Crippen MR) is 149 cm³/mol. The lowest BCUT2D eigenvalue weighted by Gasteiger charge is -2.43. The number of nitrogens with zero attached hydrogens (tertiary/aromatic N) is 1. The molecule has 8 heteroatoms. The molecule has 0 fully saturated rings. The van der Waals surface area contributed by atoms with Gasteiger partial charge in [0.2, 0.25) is 11.8 Å². The number of alkyl carbamates (subject to hydrolysis) is 1. The van der Waals surface area contributed by atoms with E-state index in [9.17, 15) is 14.4 Å². The number of hydrogen-bond donors (Lipinski definition) is 2. The second-order valence-corrected chi connectivity index (χ2v) is 12.2. The first-order valence-corrected chi connectivity index (χ1v) is 14.2. The highest BCUT2D eigenvalue weighted by molar-refractivity contribution is 7.98. The maximum atomic E-state index is 14.2. The Morgan fingerprint density at radius 2 is 1.64 bits per heavy atom. The van der Waals surface area contributed by atoms with E-state index in [0.29, 0.717) is 18.7 Å². The lowest BCUT2D eigenvalue weighted by Crippen LogP contribution is -2.59. The van der Waals surface area contributed by atoms with E-state index in [1.165, 1.54) is 0 Å². The van der Waals surface area contributed by atoms with Crippen molar-refractivity contribution in [1.82, 2.24) is 15.5 Å². The molecule has 0 aliphatic heterocycles. The summed E-state index contributed by atoms with van der Waals surface area (Å²) in [6, 6.07) is 4.21. The average Bonchev–Trinajstić information content (AvgIpc) is 2.73. The Hall–Kier alpha value is -2.22. The molecule has 0 spiro atoms. The highest BCUT2D eigenvalue weighted by Gasteiger charge is 2.42. The van der Waals surface area contributed by atoms with Gasteiger partial charge in [-0.3, -0.25) is 9.59 Å². The van der Waals surface area contributed by atoms with Gasteiger partial charge in [0.25, 0.3) is 0 Å².